The number of ether oxygens (including phenoxy) is 1. The largest absolute Gasteiger partial charge is 0.481 e. The molecule has 118 valence electrons. The first-order valence-corrected chi connectivity index (χ1v) is 7.25. The average molecular weight is 312 g/mol. The SMILES string of the molecule is COc1ccnc(N(C)C2CN(c3nccn4cnnc34)C2)n1. The summed E-state index contributed by atoms with van der Waals surface area (Å²) in [6.07, 6.45) is 6.97. The molecule has 0 aliphatic carbocycles. The van der Waals surface area contributed by atoms with Crippen LogP contribution in [-0.4, -0.2) is 62.8 Å². The van der Waals surface area contributed by atoms with Crippen molar-refractivity contribution in [3.05, 3.63) is 31.0 Å². The van der Waals surface area contributed by atoms with Crippen LogP contribution in [0.4, 0.5) is 11.8 Å². The standard InChI is InChI=1S/C14H16N8O/c1-20(14-16-4-3-11(18-14)23-2)10-7-22(8-10)12-13-19-17-9-21(13)6-5-15-12/h3-6,9-10H,7-8H2,1-2H3. The number of hydrogen-bond donors (Lipinski definition) is 0. The Hall–Kier alpha value is -2.97. The Balaban J connectivity index is 1.49. The number of aromatic nitrogens is 6. The van der Waals surface area contributed by atoms with Crippen LogP contribution in [0.5, 0.6) is 5.88 Å². The molecule has 1 aliphatic rings. The molecule has 0 radical (unpaired) electrons. The average Bonchev–Trinajstić information content (AvgIpc) is 3.03. The minimum Gasteiger partial charge on any atom is -0.481 e. The zero-order chi connectivity index (χ0) is 15.8. The highest BCUT2D eigenvalue weighted by atomic mass is 16.5. The van der Waals surface area contributed by atoms with Gasteiger partial charge in [-0.2, -0.15) is 4.98 Å². The summed E-state index contributed by atoms with van der Waals surface area (Å²) >= 11 is 0. The Morgan fingerprint density at radius 1 is 1.26 bits per heavy atom. The molecule has 0 saturated carbocycles. The fourth-order valence-corrected chi connectivity index (χ4v) is 2.62. The smallest absolute Gasteiger partial charge is 0.228 e. The third-order valence-electron chi connectivity index (χ3n) is 4.05. The maximum Gasteiger partial charge on any atom is 0.228 e. The lowest BCUT2D eigenvalue weighted by Gasteiger charge is -2.44. The highest BCUT2D eigenvalue weighted by Gasteiger charge is 2.33. The van der Waals surface area contributed by atoms with Gasteiger partial charge in [0.25, 0.3) is 0 Å². The second-order valence-electron chi connectivity index (χ2n) is 5.38. The van der Waals surface area contributed by atoms with Crippen LogP contribution in [0, 0.1) is 0 Å². The summed E-state index contributed by atoms with van der Waals surface area (Å²) < 4.78 is 7.02. The summed E-state index contributed by atoms with van der Waals surface area (Å²) in [7, 11) is 3.59. The van der Waals surface area contributed by atoms with Crippen molar-refractivity contribution in [2.75, 3.05) is 37.0 Å². The van der Waals surface area contributed by atoms with Gasteiger partial charge in [0.05, 0.1) is 13.2 Å². The summed E-state index contributed by atoms with van der Waals surface area (Å²) in [4.78, 5) is 17.3. The summed E-state index contributed by atoms with van der Waals surface area (Å²) in [5, 5.41) is 8.05. The maximum absolute atomic E-state index is 5.15. The molecule has 4 rings (SSSR count). The van der Waals surface area contributed by atoms with Crippen LogP contribution in [0.2, 0.25) is 0 Å². The van der Waals surface area contributed by atoms with Crippen molar-refractivity contribution in [3.8, 4) is 5.88 Å². The first-order chi connectivity index (χ1) is 11.3. The van der Waals surface area contributed by atoms with Crippen molar-refractivity contribution in [1.82, 2.24) is 29.5 Å². The van der Waals surface area contributed by atoms with E-state index in [1.54, 1.807) is 31.9 Å². The molecule has 0 bridgehead atoms. The third kappa shape index (κ3) is 2.30. The van der Waals surface area contributed by atoms with Gasteiger partial charge >= 0.3 is 0 Å². The summed E-state index contributed by atoms with van der Waals surface area (Å²) in [5.74, 6) is 2.07. The van der Waals surface area contributed by atoms with E-state index < -0.39 is 0 Å². The lowest BCUT2D eigenvalue weighted by Crippen LogP contribution is -2.59. The number of methoxy groups -OCH3 is 1. The van der Waals surface area contributed by atoms with Crippen molar-refractivity contribution >= 4 is 17.4 Å². The van der Waals surface area contributed by atoms with Gasteiger partial charge in [0.2, 0.25) is 17.5 Å². The van der Waals surface area contributed by atoms with E-state index in [0.29, 0.717) is 17.9 Å². The Labute approximate surface area is 132 Å². The number of hydrogen-bond acceptors (Lipinski definition) is 8. The summed E-state index contributed by atoms with van der Waals surface area (Å²) in [5.41, 5.74) is 0.770. The Morgan fingerprint density at radius 3 is 2.96 bits per heavy atom. The third-order valence-corrected chi connectivity index (χ3v) is 4.05. The molecule has 23 heavy (non-hydrogen) atoms. The fourth-order valence-electron chi connectivity index (χ4n) is 2.62. The van der Waals surface area contributed by atoms with E-state index in [9.17, 15) is 0 Å². The molecule has 1 saturated heterocycles. The van der Waals surface area contributed by atoms with Gasteiger partial charge in [0.1, 0.15) is 6.33 Å². The molecule has 0 aromatic carbocycles. The zero-order valence-electron chi connectivity index (χ0n) is 12.9. The van der Waals surface area contributed by atoms with Crippen LogP contribution in [0.1, 0.15) is 0 Å². The van der Waals surface area contributed by atoms with E-state index in [1.807, 2.05) is 17.6 Å². The van der Waals surface area contributed by atoms with Crippen LogP contribution in [-0.2, 0) is 0 Å². The van der Waals surface area contributed by atoms with Gasteiger partial charge in [-0.3, -0.25) is 4.40 Å². The molecule has 0 atom stereocenters. The topological polar surface area (TPSA) is 84.6 Å². The number of likely N-dealkylation sites (N-methyl/N-ethyl adjacent to an activating group) is 1. The molecular weight excluding hydrogens is 296 g/mol. The van der Waals surface area contributed by atoms with E-state index in [1.165, 1.54) is 0 Å². The predicted octanol–water partition coefficient (Wildman–Crippen LogP) is 0.248. The second-order valence-corrected chi connectivity index (χ2v) is 5.38. The molecule has 4 heterocycles. The maximum atomic E-state index is 5.15. The van der Waals surface area contributed by atoms with Gasteiger partial charge in [-0.05, 0) is 0 Å². The molecule has 3 aromatic heterocycles. The highest BCUT2D eigenvalue weighted by molar-refractivity contribution is 5.65. The number of rotatable bonds is 4. The minimum absolute atomic E-state index is 0.312. The fraction of sp³-hybridized carbons (Fsp3) is 0.357. The quantitative estimate of drug-likeness (QED) is 0.678. The minimum atomic E-state index is 0.312. The van der Waals surface area contributed by atoms with Gasteiger partial charge in [-0.1, -0.05) is 0 Å². The van der Waals surface area contributed by atoms with Gasteiger partial charge in [-0.25, -0.2) is 9.97 Å². The van der Waals surface area contributed by atoms with E-state index >= 15 is 0 Å². The normalized spacial score (nSPS) is 14.8. The van der Waals surface area contributed by atoms with Crippen molar-refractivity contribution in [2.45, 2.75) is 6.04 Å². The molecule has 0 amide bonds. The van der Waals surface area contributed by atoms with Crippen LogP contribution in [0.25, 0.3) is 5.65 Å². The van der Waals surface area contributed by atoms with Crippen LogP contribution in [0.3, 0.4) is 0 Å². The van der Waals surface area contributed by atoms with Crippen LogP contribution in [0.15, 0.2) is 31.0 Å². The lowest BCUT2D eigenvalue weighted by atomic mass is 10.1. The number of anilines is 2. The van der Waals surface area contributed by atoms with Crippen molar-refractivity contribution < 1.29 is 4.74 Å². The van der Waals surface area contributed by atoms with E-state index in [2.05, 4.69) is 34.9 Å². The molecule has 0 unspecified atom stereocenters. The summed E-state index contributed by atoms with van der Waals surface area (Å²) in [6.45, 7) is 1.66. The molecule has 9 nitrogen and oxygen atoms in total. The van der Waals surface area contributed by atoms with E-state index in [0.717, 1.165) is 24.6 Å². The Kier molecular flexibility index (Phi) is 3.18. The first kappa shape index (κ1) is 13.7. The molecular formula is C14H16N8O. The molecule has 3 aromatic rings. The Morgan fingerprint density at radius 2 is 2.13 bits per heavy atom. The van der Waals surface area contributed by atoms with Crippen LogP contribution >= 0.6 is 0 Å². The lowest BCUT2D eigenvalue weighted by molar-refractivity contribution is 0.395. The number of fused-ring (bicyclic) bond motifs is 1. The van der Waals surface area contributed by atoms with Gasteiger partial charge < -0.3 is 14.5 Å². The zero-order valence-corrected chi connectivity index (χ0v) is 12.9. The monoisotopic (exact) mass is 312 g/mol. The molecule has 0 N–H and O–H groups in total. The van der Waals surface area contributed by atoms with E-state index in [-0.39, 0.29) is 0 Å². The second kappa shape index (κ2) is 5.34. The molecule has 0 spiro atoms. The molecule has 9 heteroatoms. The van der Waals surface area contributed by atoms with Crippen LogP contribution < -0.4 is 14.5 Å². The van der Waals surface area contributed by atoms with Crippen molar-refractivity contribution in [2.24, 2.45) is 0 Å². The predicted molar refractivity (Wildman–Crippen MR) is 83.8 cm³/mol. The van der Waals surface area contributed by atoms with Gasteiger partial charge in [0.15, 0.2) is 5.82 Å². The van der Waals surface area contributed by atoms with E-state index in [4.69, 9.17) is 4.74 Å². The molecule has 1 fully saturated rings. The Bertz CT molecular complexity index is 828. The highest BCUT2D eigenvalue weighted by Crippen LogP contribution is 2.25. The number of nitrogens with zero attached hydrogens (tertiary/aromatic N) is 8. The first-order valence-electron chi connectivity index (χ1n) is 7.25. The van der Waals surface area contributed by atoms with Gasteiger partial charge in [-0.15, -0.1) is 10.2 Å². The molecule has 1 aliphatic heterocycles. The summed E-state index contributed by atoms with van der Waals surface area (Å²) in [6, 6.07) is 2.05. The van der Waals surface area contributed by atoms with Gasteiger partial charge in [0, 0.05) is 44.8 Å². The van der Waals surface area contributed by atoms with Crippen molar-refractivity contribution in [1.29, 1.82) is 0 Å². The van der Waals surface area contributed by atoms with Crippen molar-refractivity contribution in [3.63, 3.8) is 0 Å².